The van der Waals surface area contributed by atoms with E-state index in [0.29, 0.717) is 6.07 Å². The van der Waals surface area contributed by atoms with E-state index in [1.54, 1.807) is 0 Å². The van der Waals surface area contributed by atoms with Gasteiger partial charge in [0.15, 0.2) is 5.82 Å². The molecular weight excluding hydrogens is 368 g/mol. The first kappa shape index (κ1) is 18.3. The van der Waals surface area contributed by atoms with Gasteiger partial charge in [0.1, 0.15) is 0 Å². The van der Waals surface area contributed by atoms with E-state index in [4.69, 9.17) is 0 Å². The van der Waals surface area contributed by atoms with Gasteiger partial charge in [0.25, 0.3) is 0 Å². The molecule has 0 saturated carbocycles. The van der Waals surface area contributed by atoms with Crippen LogP contribution < -0.4 is 9.44 Å². The Kier molecular flexibility index (Phi) is 4.53. The van der Waals surface area contributed by atoms with Crippen LogP contribution in [0, 0.1) is 0 Å². The van der Waals surface area contributed by atoms with E-state index < -0.39 is 42.6 Å². The second-order valence-corrected chi connectivity index (χ2v) is 6.85. The van der Waals surface area contributed by atoms with Crippen LogP contribution >= 0.6 is 0 Å². The predicted molar refractivity (Wildman–Crippen MR) is 61.4 cm³/mol. The Hall–Kier alpha value is -1.77. The van der Waals surface area contributed by atoms with Crippen LogP contribution in [0.4, 0.5) is 37.8 Å². The van der Waals surface area contributed by atoms with Crippen LogP contribution in [0.25, 0.3) is 0 Å². The van der Waals surface area contributed by atoms with Gasteiger partial charge in [0.2, 0.25) is 0 Å². The number of nitrogens with one attached hydrogen (secondary N) is 2. The van der Waals surface area contributed by atoms with E-state index >= 15 is 0 Å². The maximum atomic E-state index is 12.2. The number of hydrogen-bond donors (Lipinski definition) is 2. The molecule has 0 radical (unpaired) electrons. The third-order valence-electron chi connectivity index (χ3n) is 1.89. The Balaban J connectivity index is 3.23. The Morgan fingerprint density at radius 1 is 0.864 bits per heavy atom. The van der Waals surface area contributed by atoms with Crippen LogP contribution in [-0.2, 0) is 20.0 Å². The minimum Gasteiger partial charge on any atom is -0.272 e. The highest BCUT2D eigenvalue weighted by Crippen LogP contribution is 2.30. The lowest BCUT2D eigenvalue weighted by atomic mass is 10.4. The van der Waals surface area contributed by atoms with Gasteiger partial charge in [0.05, 0.1) is 5.69 Å². The van der Waals surface area contributed by atoms with Gasteiger partial charge in [-0.3, -0.25) is 9.44 Å². The molecule has 0 spiro atoms. The van der Waals surface area contributed by atoms with Gasteiger partial charge in [0, 0.05) is 6.20 Å². The normalized spacial score (nSPS) is 13.7. The summed E-state index contributed by atoms with van der Waals surface area (Å²) in [5.41, 5.74) is -12.7. The second-order valence-electron chi connectivity index (χ2n) is 3.50. The number of nitrogens with zero attached hydrogens (tertiary/aromatic N) is 1. The molecular formula is C7H5F6N3O4S2. The SMILES string of the molecule is O=S(=O)(Nc1cccnc1NS(=O)(=O)C(F)(F)F)C(F)(F)F. The molecule has 0 aliphatic carbocycles. The van der Waals surface area contributed by atoms with E-state index in [2.05, 4.69) is 4.98 Å². The quantitative estimate of drug-likeness (QED) is 0.780. The van der Waals surface area contributed by atoms with Crippen molar-refractivity contribution in [3.8, 4) is 0 Å². The molecule has 0 amide bonds. The first-order chi connectivity index (χ1) is 9.67. The summed E-state index contributed by atoms with van der Waals surface area (Å²) < 4.78 is 118. The number of alkyl halides is 6. The number of pyridine rings is 1. The van der Waals surface area contributed by atoms with Crippen molar-refractivity contribution < 1.29 is 43.2 Å². The summed E-state index contributed by atoms with van der Waals surface area (Å²) in [6, 6.07) is 1.46. The van der Waals surface area contributed by atoms with Crippen molar-refractivity contribution in [2.24, 2.45) is 0 Å². The van der Waals surface area contributed by atoms with Crippen molar-refractivity contribution in [1.29, 1.82) is 0 Å². The average Bonchev–Trinajstić information content (AvgIpc) is 2.28. The molecule has 1 aromatic heterocycles. The van der Waals surface area contributed by atoms with E-state index in [9.17, 15) is 43.2 Å². The third kappa shape index (κ3) is 3.90. The van der Waals surface area contributed by atoms with Gasteiger partial charge >= 0.3 is 31.1 Å². The van der Waals surface area contributed by atoms with Crippen LogP contribution in [0.2, 0.25) is 0 Å². The number of rotatable bonds is 4. The first-order valence-electron chi connectivity index (χ1n) is 4.80. The summed E-state index contributed by atoms with van der Waals surface area (Å²) in [7, 11) is -12.0. The standard InChI is InChI=1S/C7H5F6N3O4S2/c8-6(9,10)21(17,18)15-4-2-1-3-14-5(4)16-22(19,20)7(11,12)13/h1-3,15H,(H,14,16). The molecule has 15 heteroatoms. The fraction of sp³-hybridized carbons (Fsp3) is 0.286. The number of hydrogen-bond acceptors (Lipinski definition) is 5. The second kappa shape index (κ2) is 5.45. The zero-order chi connectivity index (χ0) is 17.4. The summed E-state index contributed by atoms with van der Waals surface area (Å²) in [4.78, 5) is 3.06. The molecule has 0 atom stereocenters. The Labute approximate surface area is 119 Å². The Bertz CT molecular complexity index is 690. The van der Waals surface area contributed by atoms with Gasteiger partial charge in [-0.1, -0.05) is 0 Å². The van der Waals surface area contributed by atoms with Crippen molar-refractivity contribution in [1.82, 2.24) is 4.98 Å². The van der Waals surface area contributed by atoms with Crippen LogP contribution in [0.5, 0.6) is 0 Å². The molecule has 22 heavy (non-hydrogen) atoms. The van der Waals surface area contributed by atoms with Crippen molar-refractivity contribution in [3.63, 3.8) is 0 Å². The number of halogens is 6. The molecule has 1 heterocycles. The zero-order valence-corrected chi connectivity index (χ0v) is 11.5. The van der Waals surface area contributed by atoms with Gasteiger partial charge in [-0.25, -0.2) is 4.98 Å². The molecule has 0 saturated heterocycles. The molecule has 1 aromatic rings. The summed E-state index contributed by atoms with van der Waals surface area (Å²) >= 11 is 0. The smallest absolute Gasteiger partial charge is 0.272 e. The van der Waals surface area contributed by atoms with E-state index in [1.165, 1.54) is 0 Å². The molecule has 0 bridgehead atoms. The predicted octanol–water partition coefficient (Wildman–Crippen LogP) is 1.60. The fourth-order valence-corrected chi connectivity index (χ4v) is 2.06. The molecule has 0 aromatic carbocycles. The summed E-state index contributed by atoms with van der Waals surface area (Å²) in [6.07, 6.45) is 0.736. The van der Waals surface area contributed by atoms with Crippen LogP contribution in [0.1, 0.15) is 0 Å². The minimum atomic E-state index is -5.99. The maximum Gasteiger partial charge on any atom is 0.516 e. The zero-order valence-electron chi connectivity index (χ0n) is 9.90. The lowest BCUT2D eigenvalue weighted by Crippen LogP contribution is -2.32. The lowest BCUT2D eigenvalue weighted by molar-refractivity contribution is -0.0436. The van der Waals surface area contributed by atoms with Gasteiger partial charge in [-0.15, -0.1) is 0 Å². The highest BCUT2D eigenvalue weighted by molar-refractivity contribution is 7.94. The summed E-state index contributed by atoms with van der Waals surface area (Å²) in [5.74, 6) is -1.27. The Morgan fingerprint density at radius 2 is 1.32 bits per heavy atom. The molecule has 0 fully saturated rings. The molecule has 0 aliphatic heterocycles. The number of aromatic nitrogens is 1. The molecule has 7 nitrogen and oxygen atoms in total. The topological polar surface area (TPSA) is 105 Å². The highest BCUT2D eigenvalue weighted by Gasteiger charge is 2.48. The van der Waals surface area contributed by atoms with Crippen LogP contribution in [0.3, 0.4) is 0 Å². The minimum absolute atomic E-state index is 0.588. The van der Waals surface area contributed by atoms with E-state index in [-0.39, 0.29) is 0 Å². The number of anilines is 2. The summed E-state index contributed by atoms with van der Waals surface area (Å²) in [5, 5.41) is 0. The third-order valence-corrected chi connectivity index (χ3v) is 4.06. The monoisotopic (exact) mass is 373 g/mol. The van der Waals surface area contributed by atoms with Crippen LogP contribution in [0.15, 0.2) is 18.3 Å². The highest BCUT2D eigenvalue weighted by atomic mass is 32.2. The van der Waals surface area contributed by atoms with Crippen molar-refractivity contribution in [2.75, 3.05) is 9.44 Å². The number of sulfonamides is 2. The summed E-state index contributed by atoms with van der Waals surface area (Å²) in [6.45, 7) is 0. The van der Waals surface area contributed by atoms with Gasteiger partial charge in [-0.05, 0) is 12.1 Å². The first-order valence-corrected chi connectivity index (χ1v) is 7.77. The molecule has 0 unspecified atom stereocenters. The largest absolute Gasteiger partial charge is 0.516 e. The molecule has 0 aliphatic rings. The van der Waals surface area contributed by atoms with Gasteiger partial charge in [-0.2, -0.15) is 43.2 Å². The van der Waals surface area contributed by atoms with Gasteiger partial charge < -0.3 is 0 Å². The fourth-order valence-electron chi connectivity index (χ4n) is 0.957. The van der Waals surface area contributed by atoms with E-state index in [0.717, 1.165) is 21.7 Å². The van der Waals surface area contributed by atoms with Crippen molar-refractivity contribution >= 4 is 31.6 Å². The maximum absolute atomic E-state index is 12.2. The molecule has 2 N–H and O–H groups in total. The average molecular weight is 373 g/mol. The lowest BCUT2D eigenvalue weighted by Gasteiger charge is -2.15. The van der Waals surface area contributed by atoms with Crippen LogP contribution in [-0.4, -0.2) is 32.8 Å². The Morgan fingerprint density at radius 3 is 1.77 bits per heavy atom. The molecule has 1 rings (SSSR count). The molecule has 126 valence electrons. The van der Waals surface area contributed by atoms with E-state index in [1.807, 2.05) is 0 Å². The van der Waals surface area contributed by atoms with Crippen molar-refractivity contribution in [3.05, 3.63) is 18.3 Å². The van der Waals surface area contributed by atoms with Crippen molar-refractivity contribution in [2.45, 2.75) is 11.0 Å².